The van der Waals surface area contributed by atoms with Crippen molar-refractivity contribution in [3.05, 3.63) is 35.4 Å². The normalized spacial score (nSPS) is 17.7. The van der Waals surface area contributed by atoms with Gasteiger partial charge in [0.1, 0.15) is 0 Å². The minimum absolute atomic E-state index is 0.621. The maximum Gasteiger partial charge on any atom is 0.0598 e. The highest BCUT2D eigenvalue weighted by Gasteiger charge is 2.20. The van der Waals surface area contributed by atoms with Crippen LogP contribution in [0, 0.1) is 12.3 Å². The summed E-state index contributed by atoms with van der Waals surface area (Å²) in [5.41, 5.74) is 3.01. The van der Waals surface area contributed by atoms with E-state index in [1.54, 1.807) is 0 Å². The first-order valence-corrected chi connectivity index (χ1v) is 5.96. The maximum absolute atomic E-state index is 7.00. The predicted molar refractivity (Wildman–Crippen MR) is 71.9 cm³/mol. The molecule has 0 spiro atoms. The molecule has 0 saturated heterocycles. The summed E-state index contributed by atoms with van der Waals surface area (Å²) < 4.78 is 0. The Morgan fingerprint density at radius 1 is 1.35 bits per heavy atom. The molecule has 2 rings (SSSR count). The van der Waals surface area contributed by atoms with Gasteiger partial charge in [-0.3, -0.25) is 4.90 Å². The number of aryl methyl sites for hydroxylation is 1. The summed E-state index contributed by atoms with van der Waals surface area (Å²) in [7, 11) is 3.12. The highest BCUT2D eigenvalue weighted by atomic mass is 16.2. The maximum atomic E-state index is 7.00. The second-order valence-electron chi connectivity index (χ2n) is 4.28. The van der Waals surface area contributed by atoms with Gasteiger partial charge in [-0.25, -0.2) is 0 Å². The van der Waals surface area contributed by atoms with Crippen LogP contribution in [0.2, 0.25) is 0 Å². The van der Waals surface area contributed by atoms with E-state index in [4.69, 9.17) is 11.5 Å². The Bertz CT molecular complexity index is 381. The Morgan fingerprint density at radius 3 is 2.65 bits per heavy atom. The van der Waals surface area contributed by atoms with Crippen LogP contribution in [0.1, 0.15) is 17.5 Å². The molecule has 0 saturated carbocycles. The molecule has 0 heterocycles. The lowest BCUT2D eigenvalue weighted by molar-refractivity contribution is 0.247. The van der Waals surface area contributed by atoms with E-state index in [-0.39, 0.29) is 0 Å². The van der Waals surface area contributed by atoms with E-state index in [0.29, 0.717) is 6.04 Å². The van der Waals surface area contributed by atoms with Crippen molar-refractivity contribution in [2.45, 2.75) is 25.3 Å². The molecular weight excluding hydrogens is 210 g/mol. The van der Waals surface area contributed by atoms with Crippen molar-refractivity contribution in [2.75, 3.05) is 20.7 Å². The van der Waals surface area contributed by atoms with Gasteiger partial charge in [-0.2, -0.15) is 0 Å². The fraction of sp³-hybridized carbons (Fsp3) is 0.467. The number of hydrogen-bond acceptors (Lipinski definition) is 2. The van der Waals surface area contributed by atoms with Gasteiger partial charge < -0.3 is 5.11 Å². The molecule has 1 aliphatic rings. The summed E-state index contributed by atoms with van der Waals surface area (Å²) in [5, 5.41) is 7.00. The molecule has 1 N–H and O–H groups in total. The number of fused-ring (bicyclic) bond motifs is 1. The zero-order valence-corrected chi connectivity index (χ0v) is 10.7. The van der Waals surface area contributed by atoms with Crippen LogP contribution in [0.15, 0.2) is 24.3 Å². The summed E-state index contributed by atoms with van der Waals surface area (Å²) in [6.07, 6.45) is 8.91. The Hall–Kier alpha value is -1.30. The molecule has 92 valence electrons. The van der Waals surface area contributed by atoms with Crippen LogP contribution in [0.5, 0.6) is 0 Å². The van der Waals surface area contributed by atoms with Crippen molar-refractivity contribution < 1.29 is 5.11 Å². The zero-order chi connectivity index (χ0) is 12.7. The van der Waals surface area contributed by atoms with Crippen LogP contribution in [0.4, 0.5) is 0 Å². The molecular formula is C15H21NO. The van der Waals surface area contributed by atoms with Crippen LogP contribution in [-0.4, -0.2) is 36.8 Å². The molecule has 0 bridgehead atoms. The van der Waals surface area contributed by atoms with Gasteiger partial charge in [-0.15, -0.1) is 6.42 Å². The number of rotatable bonds is 2. The van der Waals surface area contributed by atoms with Gasteiger partial charge in [0.25, 0.3) is 0 Å². The minimum Gasteiger partial charge on any atom is -0.400 e. The third-order valence-electron chi connectivity index (χ3n) is 3.28. The van der Waals surface area contributed by atoms with Crippen LogP contribution in [0.25, 0.3) is 0 Å². The first kappa shape index (κ1) is 13.8. The highest BCUT2D eigenvalue weighted by molar-refractivity contribution is 5.30. The standard InChI is InChI=1S/C14H17N.CH4O/c1-3-10-15(2)14-9-8-12-6-4-5-7-13(12)11-14;1-2/h1,4-7,14H,8-11H2,2H3;2H,1H3. The van der Waals surface area contributed by atoms with Crippen LogP contribution in [-0.2, 0) is 12.8 Å². The number of nitrogens with zero attached hydrogens (tertiary/aromatic N) is 1. The van der Waals surface area contributed by atoms with E-state index in [9.17, 15) is 0 Å². The smallest absolute Gasteiger partial charge is 0.0598 e. The van der Waals surface area contributed by atoms with Gasteiger partial charge in [-0.05, 0) is 37.4 Å². The lowest BCUT2D eigenvalue weighted by atomic mass is 9.88. The summed E-state index contributed by atoms with van der Waals surface area (Å²) in [6, 6.07) is 9.36. The number of hydrogen-bond donors (Lipinski definition) is 1. The molecule has 1 unspecified atom stereocenters. The summed E-state index contributed by atoms with van der Waals surface area (Å²) in [6.45, 7) is 0.757. The lowest BCUT2D eigenvalue weighted by Gasteiger charge is -2.31. The largest absolute Gasteiger partial charge is 0.400 e. The molecule has 0 amide bonds. The van der Waals surface area contributed by atoms with Gasteiger partial charge in [0.15, 0.2) is 0 Å². The Labute approximate surface area is 104 Å². The van der Waals surface area contributed by atoms with Crippen molar-refractivity contribution >= 4 is 0 Å². The average Bonchev–Trinajstić information content (AvgIpc) is 2.41. The van der Waals surface area contributed by atoms with E-state index in [0.717, 1.165) is 20.1 Å². The van der Waals surface area contributed by atoms with Gasteiger partial charge in [0.05, 0.1) is 6.54 Å². The molecule has 1 aliphatic carbocycles. The molecule has 0 aliphatic heterocycles. The molecule has 1 atom stereocenters. The summed E-state index contributed by atoms with van der Waals surface area (Å²) in [5.74, 6) is 2.71. The zero-order valence-electron chi connectivity index (χ0n) is 10.7. The van der Waals surface area contributed by atoms with Crippen molar-refractivity contribution in [1.82, 2.24) is 4.90 Å². The fourth-order valence-electron chi connectivity index (χ4n) is 2.33. The summed E-state index contributed by atoms with van der Waals surface area (Å²) >= 11 is 0. The van der Waals surface area contributed by atoms with E-state index in [2.05, 4.69) is 42.1 Å². The van der Waals surface area contributed by atoms with E-state index in [1.807, 2.05) is 0 Å². The third-order valence-corrected chi connectivity index (χ3v) is 3.28. The first-order valence-electron chi connectivity index (χ1n) is 5.96. The fourth-order valence-corrected chi connectivity index (χ4v) is 2.33. The van der Waals surface area contributed by atoms with Crippen LogP contribution >= 0.6 is 0 Å². The second-order valence-corrected chi connectivity index (χ2v) is 4.28. The average molecular weight is 231 g/mol. The lowest BCUT2D eigenvalue weighted by Crippen LogP contribution is -2.36. The van der Waals surface area contributed by atoms with E-state index >= 15 is 0 Å². The van der Waals surface area contributed by atoms with Crippen LogP contribution in [0.3, 0.4) is 0 Å². The van der Waals surface area contributed by atoms with Gasteiger partial charge >= 0.3 is 0 Å². The predicted octanol–water partition coefficient (Wildman–Crippen LogP) is 1.72. The Morgan fingerprint density at radius 2 is 2.00 bits per heavy atom. The first-order chi connectivity index (χ1) is 8.31. The number of aliphatic hydroxyl groups excluding tert-OH is 1. The van der Waals surface area contributed by atoms with Crippen molar-refractivity contribution in [2.24, 2.45) is 0 Å². The quantitative estimate of drug-likeness (QED) is 0.783. The molecule has 0 fully saturated rings. The van der Waals surface area contributed by atoms with Crippen molar-refractivity contribution in [3.63, 3.8) is 0 Å². The van der Waals surface area contributed by atoms with Gasteiger partial charge in [-0.1, -0.05) is 30.2 Å². The molecule has 1 aromatic rings. The molecule has 2 nitrogen and oxygen atoms in total. The highest BCUT2D eigenvalue weighted by Crippen LogP contribution is 2.23. The number of likely N-dealkylation sites (N-methyl/N-ethyl adjacent to an activating group) is 1. The molecule has 0 aromatic heterocycles. The van der Waals surface area contributed by atoms with Gasteiger partial charge in [0, 0.05) is 13.2 Å². The van der Waals surface area contributed by atoms with Crippen LogP contribution < -0.4 is 0 Å². The van der Waals surface area contributed by atoms with Gasteiger partial charge in [0.2, 0.25) is 0 Å². The third kappa shape index (κ3) is 3.59. The van der Waals surface area contributed by atoms with Crippen molar-refractivity contribution in [1.29, 1.82) is 0 Å². The molecule has 0 radical (unpaired) electrons. The number of terminal acetylenes is 1. The SMILES string of the molecule is C#CCN(C)C1CCc2ccccc2C1.CO. The topological polar surface area (TPSA) is 23.5 Å². The molecule has 2 heteroatoms. The number of aliphatic hydroxyl groups is 1. The van der Waals surface area contributed by atoms with Crippen molar-refractivity contribution in [3.8, 4) is 12.3 Å². The second kappa shape index (κ2) is 7.11. The van der Waals surface area contributed by atoms with E-state index in [1.165, 1.54) is 24.0 Å². The molecule has 1 aromatic carbocycles. The molecule has 17 heavy (non-hydrogen) atoms. The van der Waals surface area contributed by atoms with E-state index < -0.39 is 0 Å². The minimum atomic E-state index is 0.621. The monoisotopic (exact) mass is 231 g/mol. The Kier molecular flexibility index (Phi) is 5.76. The Balaban J connectivity index is 0.000000686. The number of benzene rings is 1. The summed E-state index contributed by atoms with van der Waals surface area (Å²) in [4.78, 5) is 2.29.